The van der Waals surface area contributed by atoms with Crippen molar-refractivity contribution in [3.63, 3.8) is 0 Å². The van der Waals surface area contributed by atoms with Crippen LogP contribution in [0.3, 0.4) is 0 Å². The van der Waals surface area contributed by atoms with E-state index in [9.17, 15) is 9.90 Å². The Kier molecular flexibility index (Phi) is 3.24. The van der Waals surface area contributed by atoms with Crippen LogP contribution in [0.2, 0.25) is 0 Å². The van der Waals surface area contributed by atoms with E-state index < -0.39 is 5.97 Å². The van der Waals surface area contributed by atoms with Crippen LogP contribution in [-0.2, 0) is 6.42 Å². The van der Waals surface area contributed by atoms with Gasteiger partial charge in [-0.2, -0.15) is 0 Å². The van der Waals surface area contributed by atoms with Crippen LogP contribution >= 0.6 is 0 Å². The topological polar surface area (TPSA) is 55.1 Å². The van der Waals surface area contributed by atoms with Crippen molar-refractivity contribution in [2.24, 2.45) is 5.92 Å². The lowest BCUT2D eigenvalue weighted by Gasteiger charge is -2.09. The minimum Gasteiger partial charge on any atom is -0.478 e. The van der Waals surface area contributed by atoms with Crippen molar-refractivity contribution in [2.45, 2.75) is 45.6 Å². The van der Waals surface area contributed by atoms with Crippen LogP contribution in [-0.4, -0.2) is 20.6 Å². The number of benzene rings is 1. The van der Waals surface area contributed by atoms with Crippen LogP contribution in [0.25, 0.3) is 11.0 Å². The molecule has 2 unspecified atom stereocenters. The smallest absolute Gasteiger partial charge is 0.337 e. The highest BCUT2D eigenvalue weighted by atomic mass is 16.4. The van der Waals surface area contributed by atoms with Gasteiger partial charge in [0.15, 0.2) is 0 Å². The van der Waals surface area contributed by atoms with Gasteiger partial charge >= 0.3 is 5.97 Å². The molecule has 1 heterocycles. The molecule has 1 fully saturated rings. The largest absolute Gasteiger partial charge is 0.478 e. The van der Waals surface area contributed by atoms with Crippen molar-refractivity contribution < 1.29 is 9.90 Å². The average Bonchev–Trinajstić information content (AvgIpc) is 3.08. The standard InChI is InChI=1S/C16H20N2O2/c1-3-6-10-9-13(10)18-14(4-2)17-12-8-5-7-11(15(12)18)16(19)20/h5,7-8,10,13H,3-4,6,9H2,1-2H3,(H,19,20). The number of aryl methyl sites for hydroxylation is 1. The van der Waals surface area contributed by atoms with E-state index in [1.54, 1.807) is 12.1 Å². The van der Waals surface area contributed by atoms with Crippen molar-refractivity contribution in [3.05, 3.63) is 29.6 Å². The van der Waals surface area contributed by atoms with E-state index >= 15 is 0 Å². The molecule has 4 nitrogen and oxygen atoms in total. The molecule has 1 saturated carbocycles. The molecule has 0 bridgehead atoms. The second kappa shape index (κ2) is 4.93. The highest BCUT2D eigenvalue weighted by molar-refractivity contribution is 6.01. The first-order chi connectivity index (χ1) is 9.67. The minimum absolute atomic E-state index is 0.372. The van der Waals surface area contributed by atoms with Crippen LogP contribution in [0.4, 0.5) is 0 Å². The van der Waals surface area contributed by atoms with Crippen molar-refractivity contribution in [1.82, 2.24) is 9.55 Å². The summed E-state index contributed by atoms with van der Waals surface area (Å²) in [6.07, 6.45) is 4.38. The van der Waals surface area contributed by atoms with E-state index in [-0.39, 0.29) is 0 Å². The quantitative estimate of drug-likeness (QED) is 0.903. The predicted octanol–water partition coefficient (Wildman–Crippen LogP) is 3.66. The van der Waals surface area contributed by atoms with E-state index in [4.69, 9.17) is 0 Å². The van der Waals surface area contributed by atoms with Gasteiger partial charge in [-0.15, -0.1) is 0 Å². The Bertz CT molecular complexity index is 660. The summed E-state index contributed by atoms with van der Waals surface area (Å²) in [5.74, 6) is 0.828. The van der Waals surface area contributed by atoms with Gasteiger partial charge in [-0.1, -0.05) is 26.3 Å². The number of carboxylic acid groups (broad SMARTS) is 1. The van der Waals surface area contributed by atoms with Crippen LogP contribution in [0.1, 0.15) is 55.3 Å². The van der Waals surface area contributed by atoms with Gasteiger partial charge in [0.05, 0.1) is 16.6 Å². The molecule has 1 aliphatic rings. The average molecular weight is 272 g/mol. The minimum atomic E-state index is -0.868. The van der Waals surface area contributed by atoms with Gasteiger partial charge in [-0.3, -0.25) is 0 Å². The monoisotopic (exact) mass is 272 g/mol. The zero-order chi connectivity index (χ0) is 14.3. The molecule has 3 rings (SSSR count). The number of imidazole rings is 1. The van der Waals surface area contributed by atoms with Crippen LogP contribution in [0, 0.1) is 5.92 Å². The van der Waals surface area contributed by atoms with Crippen LogP contribution in [0.15, 0.2) is 18.2 Å². The SMILES string of the molecule is CCCC1CC1n1c(CC)nc2cccc(C(=O)O)c21. The zero-order valence-corrected chi connectivity index (χ0v) is 12.0. The Morgan fingerprint density at radius 2 is 2.25 bits per heavy atom. The summed E-state index contributed by atoms with van der Waals surface area (Å²) >= 11 is 0. The molecule has 1 aromatic heterocycles. The van der Waals surface area contributed by atoms with Gasteiger partial charge in [0, 0.05) is 12.5 Å². The Hall–Kier alpha value is -1.84. The zero-order valence-electron chi connectivity index (χ0n) is 12.0. The maximum absolute atomic E-state index is 11.5. The first-order valence-electron chi connectivity index (χ1n) is 7.40. The van der Waals surface area contributed by atoms with E-state index in [1.807, 2.05) is 6.07 Å². The summed E-state index contributed by atoms with van der Waals surface area (Å²) in [5, 5.41) is 9.42. The van der Waals surface area contributed by atoms with Gasteiger partial charge < -0.3 is 9.67 Å². The number of para-hydroxylation sites is 1. The molecule has 1 aromatic carbocycles. The third kappa shape index (κ3) is 1.99. The number of hydrogen-bond acceptors (Lipinski definition) is 2. The molecular weight excluding hydrogens is 252 g/mol. The molecule has 106 valence electrons. The van der Waals surface area contributed by atoms with Crippen molar-refractivity contribution in [2.75, 3.05) is 0 Å². The normalized spacial score (nSPS) is 21.3. The molecule has 1 aliphatic carbocycles. The highest BCUT2D eigenvalue weighted by Gasteiger charge is 2.40. The molecule has 0 amide bonds. The molecule has 0 radical (unpaired) electrons. The van der Waals surface area contributed by atoms with E-state index in [1.165, 1.54) is 12.8 Å². The lowest BCUT2D eigenvalue weighted by molar-refractivity contribution is 0.0698. The molecule has 0 aliphatic heterocycles. The number of aromatic carboxylic acids is 1. The second-order valence-electron chi connectivity index (χ2n) is 5.58. The predicted molar refractivity (Wildman–Crippen MR) is 78.1 cm³/mol. The third-order valence-electron chi connectivity index (χ3n) is 4.21. The number of carbonyl (C=O) groups is 1. The fourth-order valence-corrected chi connectivity index (χ4v) is 3.20. The lowest BCUT2D eigenvalue weighted by atomic mass is 10.1. The Morgan fingerprint density at radius 3 is 2.90 bits per heavy atom. The molecule has 2 aromatic rings. The molecule has 2 atom stereocenters. The van der Waals surface area contributed by atoms with Gasteiger partial charge in [0.1, 0.15) is 5.82 Å². The fraction of sp³-hybridized carbons (Fsp3) is 0.500. The summed E-state index contributed by atoms with van der Waals surface area (Å²) in [6, 6.07) is 5.81. The van der Waals surface area contributed by atoms with Gasteiger partial charge in [0.2, 0.25) is 0 Å². The van der Waals surface area contributed by atoms with Crippen molar-refractivity contribution >= 4 is 17.0 Å². The molecular formula is C16H20N2O2. The molecule has 0 spiro atoms. The van der Waals surface area contributed by atoms with Crippen LogP contribution in [0.5, 0.6) is 0 Å². The summed E-state index contributed by atoms with van der Waals surface area (Å²) < 4.78 is 2.19. The molecule has 1 N–H and O–H groups in total. The Balaban J connectivity index is 2.16. The van der Waals surface area contributed by atoms with Gasteiger partial charge in [-0.05, 0) is 30.9 Å². The highest BCUT2D eigenvalue weighted by Crippen LogP contribution is 2.48. The Morgan fingerprint density at radius 1 is 1.45 bits per heavy atom. The summed E-state index contributed by atoms with van der Waals surface area (Å²) in [5.41, 5.74) is 1.99. The first-order valence-corrected chi connectivity index (χ1v) is 7.40. The number of hydrogen-bond donors (Lipinski definition) is 1. The Labute approximate surface area is 118 Å². The number of carboxylic acids is 1. The fourth-order valence-electron chi connectivity index (χ4n) is 3.20. The van der Waals surface area contributed by atoms with E-state index in [2.05, 4.69) is 23.4 Å². The summed E-state index contributed by atoms with van der Waals surface area (Å²) in [4.78, 5) is 16.1. The number of fused-ring (bicyclic) bond motifs is 1. The maximum Gasteiger partial charge on any atom is 0.337 e. The number of aromatic nitrogens is 2. The molecule has 20 heavy (non-hydrogen) atoms. The second-order valence-corrected chi connectivity index (χ2v) is 5.58. The molecule has 4 heteroatoms. The number of rotatable bonds is 5. The summed E-state index contributed by atoms with van der Waals surface area (Å²) in [7, 11) is 0. The molecule has 0 saturated heterocycles. The lowest BCUT2D eigenvalue weighted by Crippen LogP contribution is -2.06. The van der Waals surface area contributed by atoms with Gasteiger partial charge in [-0.25, -0.2) is 9.78 Å². The number of nitrogens with zero attached hydrogens (tertiary/aromatic N) is 2. The van der Waals surface area contributed by atoms with Crippen molar-refractivity contribution in [1.29, 1.82) is 0 Å². The van der Waals surface area contributed by atoms with E-state index in [0.29, 0.717) is 17.5 Å². The summed E-state index contributed by atoms with van der Waals surface area (Å²) in [6.45, 7) is 4.28. The van der Waals surface area contributed by atoms with Crippen LogP contribution < -0.4 is 0 Å². The third-order valence-corrected chi connectivity index (χ3v) is 4.21. The van der Waals surface area contributed by atoms with E-state index in [0.717, 1.165) is 29.7 Å². The van der Waals surface area contributed by atoms with Gasteiger partial charge in [0.25, 0.3) is 0 Å². The first kappa shape index (κ1) is 13.2. The van der Waals surface area contributed by atoms with Crippen molar-refractivity contribution in [3.8, 4) is 0 Å². The maximum atomic E-state index is 11.5.